The Bertz CT molecular complexity index is 806. The highest BCUT2D eigenvalue weighted by Gasteiger charge is 2.14. The zero-order valence-electron chi connectivity index (χ0n) is 11.2. The molecule has 0 aliphatic rings. The molecule has 3 aromatic rings. The number of rotatable bonds is 2. The Morgan fingerprint density at radius 3 is 2.67 bits per heavy atom. The van der Waals surface area contributed by atoms with Crippen LogP contribution in [0.2, 0.25) is 10.0 Å². The monoisotopic (exact) mass is 318 g/mol. The summed E-state index contributed by atoms with van der Waals surface area (Å²) in [4.78, 5) is 15.4. The third kappa shape index (κ3) is 2.62. The fourth-order valence-electron chi connectivity index (χ4n) is 2.15. The first-order valence-corrected chi connectivity index (χ1v) is 7.15. The summed E-state index contributed by atoms with van der Waals surface area (Å²) in [5, 5.41) is 4.60. The number of halogens is 2. The highest BCUT2D eigenvalue weighted by Crippen LogP contribution is 2.33. The van der Waals surface area contributed by atoms with Gasteiger partial charge in [0.25, 0.3) is 5.91 Å². The van der Waals surface area contributed by atoms with E-state index in [0.29, 0.717) is 21.4 Å². The van der Waals surface area contributed by atoms with Crippen LogP contribution in [0, 0.1) is 6.92 Å². The van der Waals surface area contributed by atoms with Crippen LogP contribution < -0.4 is 5.32 Å². The van der Waals surface area contributed by atoms with E-state index in [-0.39, 0.29) is 5.91 Å². The van der Waals surface area contributed by atoms with Gasteiger partial charge in [-0.05, 0) is 30.7 Å². The van der Waals surface area contributed by atoms with Crippen molar-refractivity contribution in [3.05, 3.63) is 63.8 Å². The van der Waals surface area contributed by atoms with Crippen molar-refractivity contribution in [2.45, 2.75) is 6.92 Å². The number of aromatic nitrogens is 1. The Labute approximate surface area is 131 Å². The summed E-state index contributed by atoms with van der Waals surface area (Å²) in [6, 6.07) is 13.0. The molecule has 3 nitrogen and oxygen atoms in total. The van der Waals surface area contributed by atoms with Crippen molar-refractivity contribution in [3.8, 4) is 0 Å². The van der Waals surface area contributed by atoms with Crippen molar-refractivity contribution in [1.82, 2.24) is 4.98 Å². The first-order valence-electron chi connectivity index (χ1n) is 6.40. The molecule has 0 fully saturated rings. The lowest BCUT2D eigenvalue weighted by molar-refractivity contribution is 0.102. The van der Waals surface area contributed by atoms with Gasteiger partial charge < -0.3 is 10.3 Å². The number of amides is 1. The van der Waals surface area contributed by atoms with Gasteiger partial charge in [0.15, 0.2) is 0 Å². The second kappa shape index (κ2) is 5.43. The first-order chi connectivity index (χ1) is 10.1. The fourth-order valence-corrected chi connectivity index (χ4v) is 2.61. The van der Waals surface area contributed by atoms with Crippen LogP contribution >= 0.6 is 23.2 Å². The van der Waals surface area contributed by atoms with Crippen molar-refractivity contribution in [1.29, 1.82) is 0 Å². The van der Waals surface area contributed by atoms with Gasteiger partial charge >= 0.3 is 0 Å². The molecule has 0 saturated heterocycles. The number of hydrogen-bond donors (Lipinski definition) is 2. The van der Waals surface area contributed by atoms with Gasteiger partial charge in [-0.1, -0.05) is 47.5 Å². The minimum atomic E-state index is -0.277. The van der Waals surface area contributed by atoms with Gasteiger partial charge in [0.1, 0.15) is 5.69 Å². The number of aryl methyl sites for hydroxylation is 1. The molecule has 106 valence electrons. The van der Waals surface area contributed by atoms with E-state index in [4.69, 9.17) is 23.2 Å². The van der Waals surface area contributed by atoms with Crippen molar-refractivity contribution >= 4 is 45.7 Å². The zero-order valence-corrected chi connectivity index (χ0v) is 12.7. The second-order valence-corrected chi connectivity index (χ2v) is 5.56. The van der Waals surface area contributed by atoms with Crippen LogP contribution in [0.3, 0.4) is 0 Å². The quantitative estimate of drug-likeness (QED) is 0.683. The molecular formula is C16H12Cl2N2O. The zero-order chi connectivity index (χ0) is 15.0. The van der Waals surface area contributed by atoms with E-state index in [9.17, 15) is 4.79 Å². The number of nitrogens with one attached hydrogen (secondary N) is 2. The van der Waals surface area contributed by atoms with Gasteiger partial charge in [-0.3, -0.25) is 4.79 Å². The minimum absolute atomic E-state index is 0.277. The van der Waals surface area contributed by atoms with E-state index in [1.54, 1.807) is 12.1 Å². The average Bonchev–Trinajstić information content (AvgIpc) is 2.91. The molecule has 0 unspecified atom stereocenters. The Morgan fingerprint density at radius 1 is 1.14 bits per heavy atom. The topological polar surface area (TPSA) is 44.9 Å². The molecular weight excluding hydrogens is 307 g/mol. The molecule has 21 heavy (non-hydrogen) atoms. The van der Waals surface area contributed by atoms with Crippen LogP contribution in [0.1, 0.15) is 16.1 Å². The summed E-state index contributed by atoms with van der Waals surface area (Å²) in [5.41, 5.74) is 2.66. The lowest BCUT2D eigenvalue weighted by Gasteiger charge is -2.10. The van der Waals surface area contributed by atoms with Crippen LogP contribution in [0.5, 0.6) is 0 Å². The van der Waals surface area contributed by atoms with Gasteiger partial charge in [0.05, 0.1) is 15.7 Å². The number of carbonyl (C=O) groups is 1. The van der Waals surface area contributed by atoms with Crippen LogP contribution in [0.4, 0.5) is 5.69 Å². The maximum atomic E-state index is 12.3. The summed E-state index contributed by atoms with van der Waals surface area (Å²) in [5.74, 6) is -0.277. The predicted molar refractivity (Wildman–Crippen MR) is 87.5 cm³/mol. The number of hydrogen-bond acceptors (Lipinski definition) is 1. The Kier molecular flexibility index (Phi) is 3.62. The third-order valence-corrected chi connectivity index (χ3v) is 4.10. The molecule has 0 aliphatic carbocycles. The summed E-state index contributed by atoms with van der Waals surface area (Å²) in [6.45, 7) is 1.86. The van der Waals surface area contributed by atoms with E-state index in [1.165, 1.54) is 0 Å². The summed E-state index contributed by atoms with van der Waals surface area (Å²) >= 11 is 12.3. The van der Waals surface area contributed by atoms with Gasteiger partial charge in [0, 0.05) is 10.9 Å². The van der Waals surface area contributed by atoms with Crippen molar-refractivity contribution in [2.24, 2.45) is 0 Å². The number of H-pyrrole nitrogens is 1. The molecule has 1 amide bonds. The van der Waals surface area contributed by atoms with E-state index < -0.39 is 0 Å². The second-order valence-electron chi connectivity index (χ2n) is 4.78. The van der Waals surface area contributed by atoms with E-state index in [1.807, 2.05) is 37.3 Å². The van der Waals surface area contributed by atoms with Crippen molar-refractivity contribution in [3.63, 3.8) is 0 Å². The smallest absolute Gasteiger partial charge is 0.272 e. The Balaban J connectivity index is 1.95. The average molecular weight is 319 g/mol. The molecule has 5 heteroatoms. The first kappa shape index (κ1) is 14.0. The standard InChI is InChI=1S/C16H12Cl2N2O/c1-9-6-7-11(17)15(14(9)18)20-16(21)13-8-10-4-2-3-5-12(10)19-13/h2-8,19H,1H3,(H,20,21). The van der Waals surface area contributed by atoms with Crippen molar-refractivity contribution < 1.29 is 4.79 Å². The molecule has 1 aromatic heterocycles. The lowest BCUT2D eigenvalue weighted by Crippen LogP contribution is -2.13. The molecule has 3 rings (SSSR count). The van der Waals surface area contributed by atoms with E-state index in [0.717, 1.165) is 16.5 Å². The largest absolute Gasteiger partial charge is 0.351 e. The Hall–Kier alpha value is -1.97. The number of carbonyl (C=O) groups excluding carboxylic acids is 1. The van der Waals surface area contributed by atoms with Crippen LogP contribution in [-0.2, 0) is 0 Å². The predicted octanol–water partition coefficient (Wildman–Crippen LogP) is 5.04. The fraction of sp³-hybridized carbons (Fsp3) is 0.0625. The molecule has 0 saturated carbocycles. The number of para-hydroxylation sites is 1. The van der Waals surface area contributed by atoms with Crippen LogP contribution in [-0.4, -0.2) is 10.9 Å². The number of anilines is 1. The number of aromatic amines is 1. The van der Waals surface area contributed by atoms with E-state index in [2.05, 4.69) is 10.3 Å². The van der Waals surface area contributed by atoms with Crippen LogP contribution in [0.25, 0.3) is 10.9 Å². The van der Waals surface area contributed by atoms with Gasteiger partial charge in [-0.25, -0.2) is 0 Å². The Morgan fingerprint density at radius 2 is 1.90 bits per heavy atom. The lowest BCUT2D eigenvalue weighted by atomic mass is 10.2. The normalized spacial score (nSPS) is 10.8. The molecule has 0 spiro atoms. The maximum Gasteiger partial charge on any atom is 0.272 e. The molecule has 2 aromatic carbocycles. The molecule has 1 heterocycles. The molecule has 2 N–H and O–H groups in total. The maximum absolute atomic E-state index is 12.3. The SMILES string of the molecule is Cc1ccc(Cl)c(NC(=O)c2cc3ccccc3[nH]2)c1Cl. The van der Waals surface area contributed by atoms with Gasteiger partial charge in [-0.15, -0.1) is 0 Å². The molecule has 0 aliphatic heterocycles. The minimum Gasteiger partial charge on any atom is -0.351 e. The highest BCUT2D eigenvalue weighted by atomic mass is 35.5. The van der Waals surface area contributed by atoms with E-state index >= 15 is 0 Å². The highest BCUT2D eigenvalue weighted by molar-refractivity contribution is 6.40. The molecule has 0 atom stereocenters. The van der Waals surface area contributed by atoms with Crippen molar-refractivity contribution in [2.75, 3.05) is 5.32 Å². The number of fused-ring (bicyclic) bond motifs is 1. The van der Waals surface area contributed by atoms with Gasteiger partial charge in [-0.2, -0.15) is 0 Å². The summed E-state index contributed by atoms with van der Waals surface area (Å²) in [7, 11) is 0. The summed E-state index contributed by atoms with van der Waals surface area (Å²) < 4.78 is 0. The molecule has 0 bridgehead atoms. The molecule has 0 radical (unpaired) electrons. The van der Waals surface area contributed by atoms with Gasteiger partial charge in [0.2, 0.25) is 0 Å². The van der Waals surface area contributed by atoms with Crippen LogP contribution in [0.15, 0.2) is 42.5 Å². The third-order valence-electron chi connectivity index (χ3n) is 3.30. The summed E-state index contributed by atoms with van der Waals surface area (Å²) in [6.07, 6.45) is 0. The number of benzene rings is 2.